The molecule has 2 atom stereocenters. The highest BCUT2D eigenvalue weighted by Crippen LogP contribution is 2.18. The van der Waals surface area contributed by atoms with Crippen molar-refractivity contribution in [3.05, 3.63) is 65.7 Å². The van der Waals surface area contributed by atoms with Gasteiger partial charge in [-0.2, -0.15) is 0 Å². The minimum atomic E-state index is 0.111. The summed E-state index contributed by atoms with van der Waals surface area (Å²) in [6, 6.07) is 18.3. The molecule has 24 heavy (non-hydrogen) atoms. The molecule has 2 aromatic carbocycles. The molecule has 1 heterocycles. The molecule has 126 valence electrons. The van der Waals surface area contributed by atoms with E-state index in [0.29, 0.717) is 0 Å². The number of aromatic hydroxyl groups is 1. The molecule has 2 N–H and O–H groups in total. The Morgan fingerprint density at radius 3 is 2.42 bits per heavy atom. The molecule has 1 aliphatic heterocycles. The van der Waals surface area contributed by atoms with Crippen molar-refractivity contribution in [3.63, 3.8) is 0 Å². The van der Waals surface area contributed by atoms with E-state index >= 15 is 0 Å². The zero-order valence-corrected chi connectivity index (χ0v) is 14.1. The van der Waals surface area contributed by atoms with Gasteiger partial charge in [0.1, 0.15) is 30.9 Å². The average molecular weight is 325 g/mol. The summed E-state index contributed by atoms with van der Waals surface area (Å²) in [5.74, 6) is 0.267. The van der Waals surface area contributed by atoms with E-state index in [-0.39, 0.29) is 17.8 Å². The van der Waals surface area contributed by atoms with Crippen molar-refractivity contribution in [2.45, 2.75) is 19.0 Å². The zero-order chi connectivity index (χ0) is 16.8. The largest absolute Gasteiger partial charge is 0.507 e. The summed E-state index contributed by atoms with van der Waals surface area (Å²) in [4.78, 5) is 6.27. The van der Waals surface area contributed by atoms with Gasteiger partial charge >= 0.3 is 0 Å². The van der Waals surface area contributed by atoms with Crippen LogP contribution in [-0.2, 0) is 4.74 Å². The summed E-state index contributed by atoms with van der Waals surface area (Å²) in [7, 11) is 0. The van der Waals surface area contributed by atoms with Gasteiger partial charge in [0.25, 0.3) is 0 Å². The van der Waals surface area contributed by atoms with Gasteiger partial charge in [-0.15, -0.1) is 0 Å². The summed E-state index contributed by atoms with van der Waals surface area (Å²) in [6.45, 7) is 5.74. The van der Waals surface area contributed by atoms with Gasteiger partial charge < -0.3 is 14.7 Å². The lowest BCUT2D eigenvalue weighted by Gasteiger charge is -2.33. The number of rotatable bonds is 5. The number of hydrogen-bond acceptors (Lipinski definition) is 3. The van der Waals surface area contributed by atoms with Gasteiger partial charge in [0, 0.05) is 17.3 Å². The molecule has 4 heteroatoms. The molecule has 1 saturated heterocycles. The van der Waals surface area contributed by atoms with Crippen LogP contribution < -0.4 is 4.90 Å². The first-order valence-electron chi connectivity index (χ1n) is 8.54. The smallest absolute Gasteiger partial charge is 0.136 e. The first-order chi connectivity index (χ1) is 11.8. The number of aliphatic imine (C=N–C) groups is 1. The van der Waals surface area contributed by atoms with Crippen molar-refractivity contribution in [2.24, 2.45) is 4.99 Å². The number of phenols is 1. The average Bonchev–Trinajstić information content (AvgIpc) is 2.63. The minimum Gasteiger partial charge on any atom is -0.507 e. The second-order valence-corrected chi connectivity index (χ2v) is 6.24. The normalized spacial score (nSPS) is 18.5. The number of ether oxygens (including phenoxy) is 1. The van der Waals surface area contributed by atoms with Gasteiger partial charge in [0.15, 0.2) is 0 Å². The van der Waals surface area contributed by atoms with E-state index < -0.39 is 0 Å². The Morgan fingerprint density at radius 1 is 1.04 bits per heavy atom. The van der Waals surface area contributed by atoms with Crippen LogP contribution in [-0.4, -0.2) is 43.7 Å². The molecule has 1 aliphatic rings. The summed E-state index contributed by atoms with van der Waals surface area (Å²) in [5.41, 5.74) is 2.06. The lowest BCUT2D eigenvalue weighted by molar-refractivity contribution is -0.940. The van der Waals surface area contributed by atoms with E-state index in [9.17, 15) is 5.11 Å². The second-order valence-electron chi connectivity index (χ2n) is 6.24. The Kier molecular flexibility index (Phi) is 5.62. The first-order valence-corrected chi connectivity index (χ1v) is 8.54. The molecular formula is C20H25N2O2+. The van der Waals surface area contributed by atoms with E-state index in [1.165, 1.54) is 10.5 Å². The Morgan fingerprint density at radius 2 is 1.71 bits per heavy atom. The van der Waals surface area contributed by atoms with Crippen molar-refractivity contribution >= 4 is 6.21 Å². The zero-order valence-electron chi connectivity index (χ0n) is 14.1. The van der Waals surface area contributed by atoms with Crippen LogP contribution in [0.1, 0.15) is 24.1 Å². The predicted molar refractivity (Wildman–Crippen MR) is 95.9 cm³/mol. The van der Waals surface area contributed by atoms with Crippen LogP contribution in [0.25, 0.3) is 0 Å². The van der Waals surface area contributed by atoms with Crippen molar-refractivity contribution in [2.75, 3.05) is 26.3 Å². The van der Waals surface area contributed by atoms with Crippen LogP contribution in [0.2, 0.25) is 0 Å². The lowest BCUT2D eigenvalue weighted by atomic mass is 9.98. The van der Waals surface area contributed by atoms with E-state index in [0.717, 1.165) is 31.9 Å². The Hall–Kier alpha value is -2.17. The van der Waals surface area contributed by atoms with Gasteiger partial charge in [-0.1, -0.05) is 42.5 Å². The maximum Gasteiger partial charge on any atom is 0.136 e. The fourth-order valence-corrected chi connectivity index (χ4v) is 3.34. The van der Waals surface area contributed by atoms with Crippen molar-refractivity contribution in [1.82, 2.24) is 0 Å². The topological polar surface area (TPSA) is 46.3 Å². The van der Waals surface area contributed by atoms with Gasteiger partial charge in [-0.05, 0) is 19.1 Å². The Balaban J connectivity index is 1.83. The molecule has 0 radical (unpaired) electrons. The number of para-hydroxylation sites is 1. The SMILES string of the molecule is C[C@@H](N=Cc1ccccc1O)[C@@H](c1ccccc1)[NH+]1CCOCC1. The number of quaternary nitrogens is 1. The maximum absolute atomic E-state index is 9.91. The molecule has 0 aromatic heterocycles. The molecule has 0 unspecified atom stereocenters. The Labute approximate surface area is 143 Å². The summed E-state index contributed by atoms with van der Waals surface area (Å²) in [5, 5.41) is 9.91. The highest BCUT2D eigenvalue weighted by molar-refractivity contribution is 5.83. The number of nitrogens with one attached hydrogen (secondary N) is 1. The molecule has 1 fully saturated rings. The first kappa shape index (κ1) is 16.7. The summed E-state index contributed by atoms with van der Waals surface area (Å²) in [6.07, 6.45) is 1.79. The Bertz CT molecular complexity index is 666. The third-order valence-corrected chi connectivity index (χ3v) is 4.60. The van der Waals surface area contributed by atoms with E-state index in [1.807, 2.05) is 24.3 Å². The third kappa shape index (κ3) is 4.02. The monoisotopic (exact) mass is 325 g/mol. The third-order valence-electron chi connectivity index (χ3n) is 4.60. The highest BCUT2D eigenvalue weighted by Gasteiger charge is 2.30. The van der Waals surface area contributed by atoms with E-state index in [4.69, 9.17) is 9.73 Å². The second kappa shape index (κ2) is 8.08. The lowest BCUT2D eigenvalue weighted by Crippen LogP contribution is -3.15. The van der Waals surface area contributed by atoms with Gasteiger partial charge in [-0.25, -0.2) is 0 Å². The van der Waals surface area contributed by atoms with Gasteiger partial charge in [-0.3, -0.25) is 4.99 Å². The van der Waals surface area contributed by atoms with E-state index in [1.54, 1.807) is 12.3 Å². The van der Waals surface area contributed by atoms with Crippen molar-refractivity contribution in [3.8, 4) is 5.75 Å². The molecule has 0 bridgehead atoms. The summed E-state index contributed by atoms with van der Waals surface area (Å²) < 4.78 is 5.52. The van der Waals surface area contributed by atoms with Crippen molar-refractivity contribution in [1.29, 1.82) is 0 Å². The maximum atomic E-state index is 9.91. The molecule has 0 aliphatic carbocycles. The standard InChI is InChI=1S/C20H24N2O2/c1-16(21-15-18-9-5-6-10-19(18)23)20(17-7-3-2-4-8-17)22-11-13-24-14-12-22/h2-10,15-16,20,23H,11-14H2,1H3/p+1/t16-,20+/m1/s1. The van der Waals surface area contributed by atoms with E-state index in [2.05, 4.69) is 31.2 Å². The number of phenolic OH excluding ortho intramolecular Hbond substituents is 1. The van der Waals surface area contributed by atoms with Crippen LogP contribution in [0.3, 0.4) is 0 Å². The number of nitrogens with zero attached hydrogens (tertiary/aromatic N) is 1. The van der Waals surface area contributed by atoms with Crippen molar-refractivity contribution < 1.29 is 14.7 Å². The minimum absolute atomic E-state index is 0.111. The quantitative estimate of drug-likeness (QED) is 0.824. The molecule has 0 saturated carbocycles. The highest BCUT2D eigenvalue weighted by atomic mass is 16.5. The van der Waals surface area contributed by atoms with Crippen LogP contribution in [0.4, 0.5) is 0 Å². The van der Waals surface area contributed by atoms with Crippen LogP contribution in [0.5, 0.6) is 5.75 Å². The van der Waals surface area contributed by atoms with Crippen LogP contribution in [0.15, 0.2) is 59.6 Å². The molecule has 0 amide bonds. The molecular weight excluding hydrogens is 300 g/mol. The fraction of sp³-hybridized carbons (Fsp3) is 0.350. The number of hydrogen-bond donors (Lipinski definition) is 2. The van der Waals surface area contributed by atoms with Gasteiger partial charge in [0.05, 0.1) is 13.2 Å². The fourth-order valence-electron chi connectivity index (χ4n) is 3.34. The van der Waals surface area contributed by atoms with Crippen LogP contribution in [0, 0.1) is 0 Å². The summed E-state index contributed by atoms with van der Waals surface area (Å²) >= 11 is 0. The molecule has 4 nitrogen and oxygen atoms in total. The predicted octanol–water partition coefficient (Wildman–Crippen LogP) is 1.86. The molecule has 0 spiro atoms. The van der Waals surface area contributed by atoms with Crippen LogP contribution >= 0.6 is 0 Å². The number of morpholine rings is 1. The molecule has 2 aromatic rings. The molecule has 3 rings (SSSR count). The van der Waals surface area contributed by atoms with Gasteiger partial charge in [0.2, 0.25) is 0 Å². The number of benzene rings is 2.